The monoisotopic (exact) mass is 199 g/mol. The van der Waals surface area contributed by atoms with Crippen molar-refractivity contribution < 1.29 is 9.90 Å². The molecule has 0 radical (unpaired) electrons. The van der Waals surface area contributed by atoms with Crippen LogP contribution in [0.5, 0.6) is 0 Å². The number of rotatable bonds is 6. The molecule has 1 rings (SSSR count). The Morgan fingerprint density at radius 1 is 1.14 bits per heavy atom. The highest BCUT2D eigenvalue weighted by atomic mass is 16.2. The number of nitrogens with zero attached hydrogens (tertiary/aromatic N) is 1. The molecular weight excluding hydrogens is 178 g/mol. The van der Waals surface area contributed by atoms with Gasteiger partial charge >= 0.3 is 0 Å². The van der Waals surface area contributed by atoms with Crippen molar-refractivity contribution in [3.63, 3.8) is 0 Å². The molecule has 0 aliphatic carbocycles. The highest BCUT2D eigenvalue weighted by molar-refractivity contribution is 5.76. The Labute approximate surface area is 86.1 Å². The van der Waals surface area contributed by atoms with Crippen LogP contribution in [-0.4, -0.2) is 35.6 Å². The number of piperidine rings is 1. The Morgan fingerprint density at radius 3 is 2.64 bits per heavy atom. The van der Waals surface area contributed by atoms with E-state index in [2.05, 4.69) is 0 Å². The number of hydrogen-bond acceptors (Lipinski definition) is 2. The molecule has 1 aliphatic rings. The zero-order valence-corrected chi connectivity index (χ0v) is 8.87. The number of hydrogen-bond donors (Lipinski definition) is 1. The summed E-state index contributed by atoms with van der Waals surface area (Å²) in [4.78, 5) is 13.4. The molecule has 1 heterocycles. The predicted octanol–water partition coefficient (Wildman–Crippen LogP) is 1.55. The van der Waals surface area contributed by atoms with Gasteiger partial charge in [-0.1, -0.05) is 12.8 Å². The average molecular weight is 199 g/mol. The molecule has 3 nitrogen and oxygen atoms in total. The summed E-state index contributed by atoms with van der Waals surface area (Å²) >= 11 is 0. The zero-order chi connectivity index (χ0) is 10.2. The molecule has 0 aromatic carbocycles. The molecular formula is C11H21NO2. The molecule has 1 N–H and O–H groups in total. The van der Waals surface area contributed by atoms with Crippen LogP contribution in [0.1, 0.15) is 44.9 Å². The molecule has 14 heavy (non-hydrogen) atoms. The van der Waals surface area contributed by atoms with E-state index in [9.17, 15) is 4.79 Å². The van der Waals surface area contributed by atoms with E-state index >= 15 is 0 Å². The van der Waals surface area contributed by atoms with Crippen LogP contribution in [0.25, 0.3) is 0 Å². The largest absolute Gasteiger partial charge is 0.396 e. The Bertz CT molecular complexity index is 171. The molecule has 1 aliphatic heterocycles. The summed E-state index contributed by atoms with van der Waals surface area (Å²) in [6, 6.07) is 0. The van der Waals surface area contributed by atoms with Crippen LogP contribution < -0.4 is 0 Å². The quantitative estimate of drug-likeness (QED) is 0.659. The molecule has 1 fully saturated rings. The maximum atomic E-state index is 11.4. The van der Waals surface area contributed by atoms with Crippen molar-refractivity contribution in [1.82, 2.24) is 4.90 Å². The Morgan fingerprint density at radius 2 is 1.93 bits per heavy atom. The number of aliphatic hydroxyl groups is 1. The van der Waals surface area contributed by atoms with Crippen molar-refractivity contribution in [2.75, 3.05) is 19.7 Å². The fourth-order valence-corrected chi connectivity index (χ4v) is 1.87. The maximum Gasteiger partial charge on any atom is 0.222 e. The number of amides is 1. The third kappa shape index (κ3) is 4.09. The summed E-state index contributed by atoms with van der Waals surface area (Å²) in [5.41, 5.74) is 0. The van der Waals surface area contributed by atoms with E-state index in [1.54, 1.807) is 0 Å². The third-order valence-corrected chi connectivity index (χ3v) is 2.76. The minimum atomic E-state index is 0.294. The average Bonchev–Trinajstić information content (AvgIpc) is 2.20. The maximum absolute atomic E-state index is 11.4. The van der Waals surface area contributed by atoms with Gasteiger partial charge in [-0.15, -0.1) is 0 Å². The highest BCUT2D eigenvalue weighted by Crippen LogP contribution is 2.11. The van der Waals surface area contributed by atoms with Crippen LogP contribution in [0.2, 0.25) is 0 Å². The molecule has 0 aromatic heterocycles. The van der Waals surface area contributed by atoms with E-state index < -0.39 is 0 Å². The summed E-state index contributed by atoms with van der Waals surface area (Å²) in [5, 5.41) is 8.59. The standard InChI is InChI=1S/C11H21NO2/c13-10-6-2-1-4-8-12-9-5-3-7-11(12)14/h13H,1-10H2. The van der Waals surface area contributed by atoms with Gasteiger partial charge in [-0.05, 0) is 25.7 Å². The fourth-order valence-electron chi connectivity index (χ4n) is 1.87. The van der Waals surface area contributed by atoms with Crippen molar-refractivity contribution in [3.8, 4) is 0 Å². The second-order valence-corrected chi connectivity index (χ2v) is 3.98. The minimum Gasteiger partial charge on any atom is -0.396 e. The number of unbranched alkanes of at least 4 members (excludes halogenated alkanes) is 3. The highest BCUT2D eigenvalue weighted by Gasteiger charge is 2.16. The predicted molar refractivity (Wildman–Crippen MR) is 56.0 cm³/mol. The minimum absolute atomic E-state index is 0.294. The fraction of sp³-hybridized carbons (Fsp3) is 0.909. The lowest BCUT2D eigenvalue weighted by Gasteiger charge is -2.26. The van der Waals surface area contributed by atoms with Gasteiger partial charge in [0.05, 0.1) is 0 Å². The summed E-state index contributed by atoms with van der Waals surface area (Å²) in [6.07, 6.45) is 7.18. The van der Waals surface area contributed by atoms with Gasteiger partial charge in [-0.25, -0.2) is 0 Å². The van der Waals surface area contributed by atoms with E-state index in [-0.39, 0.29) is 0 Å². The molecule has 1 saturated heterocycles. The van der Waals surface area contributed by atoms with Crippen molar-refractivity contribution >= 4 is 5.91 Å². The van der Waals surface area contributed by atoms with Crippen LogP contribution in [0.3, 0.4) is 0 Å². The summed E-state index contributed by atoms with van der Waals surface area (Å²) < 4.78 is 0. The normalized spacial score (nSPS) is 17.5. The lowest BCUT2D eigenvalue weighted by Crippen LogP contribution is -2.35. The van der Waals surface area contributed by atoms with Crippen LogP contribution in [0, 0.1) is 0 Å². The second-order valence-electron chi connectivity index (χ2n) is 3.98. The molecule has 0 bridgehead atoms. The van der Waals surface area contributed by atoms with E-state index in [1.807, 2.05) is 4.90 Å². The van der Waals surface area contributed by atoms with E-state index in [0.29, 0.717) is 12.5 Å². The Kier molecular flexibility index (Phi) is 5.60. The molecule has 0 aromatic rings. The first-order valence-corrected chi connectivity index (χ1v) is 5.73. The van der Waals surface area contributed by atoms with Crippen LogP contribution in [0.4, 0.5) is 0 Å². The van der Waals surface area contributed by atoms with Gasteiger partial charge in [-0.2, -0.15) is 0 Å². The summed E-state index contributed by atoms with van der Waals surface area (Å²) in [6.45, 7) is 2.17. The van der Waals surface area contributed by atoms with Gasteiger partial charge < -0.3 is 10.0 Å². The van der Waals surface area contributed by atoms with Gasteiger partial charge in [0, 0.05) is 26.1 Å². The Hall–Kier alpha value is -0.570. The number of aliphatic hydroxyl groups excluding tert-OH is 1. The Balaban J connectivity index is 2.02. The first-order chi connectivity index (χ1) is 6.84. The van der Waals surface area contributed by atoms with E-state index in [1.165, 1.54) is 6.42 Å². The van der Waals surface area contributed by atoms with Crippen molar-refractivity contribution in [3.05, 3.63) is 0 Å². The van der Waals surface area contributed by atoms with Gasteiger partial charge in [0.15, 0.2) is 0 Å². The lowest BCUT2D eigenvalue weighted by atomic mass is 10.1. The van der Waals surface area contributed by atoms with Crippen LogP contribution in [-0.2, 0) is 4.79 Å². The third-order valence-electron chi connectivity index (χ3n) is 2.76. The van der Waals surface area contributed by atoms with Gasteiger partial charge in [0.25, 0.3) is 0 Å². The topological polar surface area (TPSA) is 40.5 Å². The number of carbonyl (C=O) groups excluding carboxylic acids is 1. The van der Waals surface area contributed by atoms with Crippen molar-refractivity contribution in [1.29, 1.82) is 0 Å². The van der Waals surface area contributed by atoms with Gasteiger partial charge in [-0.3, -0.25) is 4.79 Å². The first-order valence-electron chi connectivity index (χ1n) is 5.73. The number of carbonyl (C=O) groups is 1. The molecule has 0 spiro atoms. The SMILES string of the molecule is O=C1CCCCN1CCCCCCO. The van der Waals surface area contributed by atoms with E-state index in [4.69, 9.17) is 5.11 Å². The molecule has 0 saturated carbocycles. The molecule has 1 amide bonds. The van der Waals surface area contributed by atoms with Crippen molar-refractivity contribution in [2.24, 2.45) is 0 Å². The number of likely N-dealkylation sites (tertiary alicyclic amines) is 1. The molecule has 82 valence electrons. The van der Waals surface area contributed by atoms with Crippen LogP contribution >= 0.6 is 0 Å². The van der Waals surface area contributed by atoms with Gasteiger partial charge in [0.2, 0.25) is 5.91 Å². The van der Waals surface area contributed by atoms with Gasteiger partial charge in [0.1, 0.15) is 0 Å². The zero-order valence-electron chi connectivity index (χ0n) is 8.87. The lowest BCUT2D eigenvalue weighted by molar-refractivity contribution is -0.133. The van der Waals surface area contributed by atoms with E-state index in [0.717, 1.165) is 51.6 Å². The first kappa shape index (κ1) is 11.5. The van der Waals surface area contributed by atoms with Crippen molar-refractivity contribution in [2.45, 2.75) is 44.9 Å². The summed E-state index contributed by atoms with van der Waals surface area (Å²) in [7, 11) is 0. The molecule has 3 heteroatoms. The molecule has 0 atom stereocenters. The summed E-state index contributed by atoms with van der Waals surface area (Å²) in [5.74, 6) is 0.332. The van der Waals surface area contributed by atoms with Crippen LogP contribution in [0.15, 0.2) is 0 Å². The second kappa shape index (κ2) is 6.82. The smallest absolute Gasteiger partial charge is 0.222 e. The molecule has 0 unspecified atom stereocenters.